The summed E-state index contributed by atoms with van der Waals surface area (Å²) >= 11 is 3.55. The van der Waals surface area contributed by atoms with Crippen LogP contribution in [0, 0.1) is 13.8 Å². The minimum absolute atomic E-state index is 0.517. The maximum Gasteiger partial charge on any atom is 0.130 e. The van der Waals surface area contributed by atoms with Crippen molar-refractivity contribution in [3.8, 4) is 0 Å². The summed E-state index contributed by atoms with van der Waals surface area (Å²) < 4.78 is 2.51. The van der Waals surface area contributed by atoms with E-state index in [0.717, 1.165) is 21.7 Å². The Bertz CT molecular complexity index is 1500. The molecule has 0 N–H and O–H groups in total. The first-order valence-corrected chi connectivity index (χ1v) is 9.84. The van der Waals surface area contributed by atoms with Gasteiger partial charge in [-0.25, -0.2) is 0 Å². The highest BCUT2D eigenvalue weighted by Gasteiger charge is 2.22. The van der Waals surface area contributed by atoms with Crippen molar-refractivity contribution in [1.29, 1.82) is 0 Å². The molecular formula is C18H13N5S2. The Kier molecular flexibility index (Phi) is 2.45. The first-order valence-electron chi connectivity index (χ1n) is 8.08. The number of aromatic nitrogens is 3. The molecule has 6 rings (SSSR count). The van der Waals surface area contributed by atoms with Crippen LogP contribution in [0.3, 0.4) is 0 Å². The monoisotopic (exact) mass is 363 g/mol. The lowest BCUT2D eigenvalue weighted by Gasteiger charge is -2.05. The van der Waals surface area contributed by atoms with Gasteiger partial charge in [-0.15, -0.1) is 22.7 Å². The Balaban J connectivity index is 2.15. The number of benzene rings is 2. The van der Waals surface area contributed by atoms with Crippen molar-refractivity contribution in [1.82, 2.24) is 15.0 Å². The number of hydrogen-bond donors (Lipinski definition) is 0. The van der Waals surface area contributed by atoms with Crippen LogP contribution in [0.15, 0.2) is 20.7 Å². The van der Waals surface area contributed by atoms with Crippen molar-refractivity contribution in [2.75, 3.05) is 6.67 Å². The Morgan fingerprint density at radius 3 is 2.08 bits per heavy atom. The van der Waals surface area contributed by atoms with Gasteiger partial charge in [0, 0.05) is 38.0 Å². The fourth-order valence-electron chi connectivity index (χ4n) is 3.99. The minimum atomic E-state index is 0.517. The summed E-state index contributed by atoms with van der Waals surface area (Å²) in [6.45, 7) is 4.82. The molecule has 0 saturated carbocycles. The predicted molar refractivity (Wildman–Crippen MR) is 103 cm³/mol. The average Bonchev–Trinajstić information content (AvgIpc) is 3.32. The number of hydrogen-bond acceptors (Lipinski definition) is 6. The zero-order chi connectivity index (χ0) is 16.9. The van der Waals surface area contributed by atoms with Crippen LogP contribution in [0.25, 0.3) is 42.0 Å². The van der Waals surface area contributed by atoms with Gasteiger partial charge in [0.2, 0.25) is 0 Å². The zero-order valence-corrected chi connectivity index (χ0v) is 15.5. The molecule has 0 bridgehead atoms. The lowest BCUT2D eigenvalue weighted by atomic mass is 10.0. The Morgan fingerprint density at radius 2 is 1.36 bits per heavy atom. The number of aryl methyl sites for hydroxylation is 3. The van der Waals surface area contributed by atoms with E-state index in [0.29, 0.717) is 6.67 Å². The maximum atomic E-state index is 4.76. The van der Waals surface area contributed by atoms with Crippen molar-refractivity contribution in [3.05, 3.63) is 32.6 Å². The molecule has 1 aliphatic rings. The van der Waals surface area contributed by atoms with E-state index in [9.17, 15) is 0 Å². The van der Waals surface area contributed by atoms with E-state index in [1.54, 1.807) is 27.5 Å². The Hall–Kier alpha value is -2.38. The summed E-state index contributed by atoms with van der Waals surface area (Å²) in [6.07, 6.45) is 0. The summed E-state index contributed by atoms with van der Waals surface area (Å²) in [7, 11) is 1.89. The van der Waals surface area contributed by atoms with Crippen molar-refractivity contribution < 1.29 is 0 Å². The summed E-state index contributed by atoms with van der Waals surface area (Å²) in [5.41, 5.74) is 4.48. The second kappa shape index (κ2) is 4.42. The van der Waals surface area contributed by atoms with Gasteiger partial charge in [-0.1, -0.05) is 0 Å². The van der Waals surface area contributed by atoms with Crippen molar-refractivity contribution in [2.45, 2.75) is 13.8 Å². The number of nitrogens with zero attached hydrogens (tertiary/aromatic N) is 5. The summed E-state index contributed by atoms with van der Waals surface area (Å²) in [5.74, 6) is 0. The standard InChI is InChI=1S/C18H13N5S2/c1-7-4-24-17-9(7)13-14(20-6-19-13)11-12(17)16-15(21-23(3)22-16)10-8(2)5-25-18(10)11/h4-5H,6H2,1-3H3. The SMILES string of the molecule is Cc1csc2c1c1c(c3c4scc(C)c4c4nn(C)nc4c23)=NCN=1. The quantitative estimate of drug-likeness (QED) is 0.423. The fraction of sp³-hybridized carbons (Fsp3) is 0.222. The van der Waals surface area contributed by atoms with E-state index in [-0.39, 0.29) is 0 Å². The summed E-state index contributed by atoms with van der Waals surface area (Å²) in [4.78, 5) is 11.2. The van der Waals surface area contributed by atoms with Crippen LogP contribution in [0.1, 0.15) is 11.1 Å². The minimum Gasteiger partial charge on any atom is -0.259 e. The molecule has 7 heteroatoms. The molecule has 2 aromatic carbocycles. The molecule has 0 radical (unpaired) electrons. The first-order chi connectivity index (χ1) is 12.1. The van der Waals surface area contributed by atoms with E-state index < -0.39 is 0 Å². The van der Waals surface area contributed by atoms with Crippen LogP contribution in [-0.2, 0) is 7.05 Å². The smallest absolute Gasteiger partial charge is 0.130 e. The lowest BCUT2D eigenvalue weighted by Crippen LogP contribution is -2.24. The molecular weight excluding hydrogens is 350 g/mol. The topological polar surface area (TPSA) is 55.4 Å². The molecule has 25 heavy (non-hydrogen) atoms. The van der Waals surface area contributed by atoms with Gasteiger partial charge in [0.25, 0.3) is 0 Å². The van der Waals surface area contributed by atoms with Crippen LogP contribution in [0.4, 0.5) is 0 Å². The van der Waals surface area contributed by atoms with Gasteiger partial charge in [0.05, 0.1) is 10.7 Å². The molecule has 122 valence electrons. The van der Waals surface area contributed by atoms with E-state index in [4.69, 9.17) is 20.2 Å². The number of fused-ring (bicyclic) bond motifs is 11. The highest BCUT2D eigenvalue weighted by Crippen LogP contribution is 2.41. The van der Waals surface area contributed by atoms with Crippen molar-refractivity contribution in [3.63, 3.8) is 0 Å². The van der Waals surface area contributed by atoms with E-state index in [1.165, 1.54) is 42.1 Å². The van der Waals surface area contributed by atoms with Crippen molar-refractivity contribution >= 4 is 64.7 Å². The van der Waals surface area contributed by atoms with Gasteiger partial charge in [0.15, 0.2) is 0 Å². The summed E-state index contributed by atoms with van der Waals surface area (Å²) in [6, 6.07) is 0. The second-order valence-corrected chi connectivity index (χ2v) is 8.30. The lowest BCUT2D eigenvalue weighted by molar-refractivity contribution is 0.666. The molecule has 5 aromatic rings. The largest absolute Gasteiger partial charge is 0.259 e. The molecule has 0 unspecified atom stereocenters. The highest BCUT2D eigenvalue weighted by molar-refractivity contribution is 7.20. The van der Waals surface area contributed by atoms with E-state index in [1.807, 2.05) is 7.05 Å². The number of rotatable bonds is 0. The van der Waals surface area contributed by atoms with Gasteiger partial charge >= 0.3 is 0 Å². The molecule has 3 aromatic heterocycles. The van der Waals surface area contributed by atoms with Crippen LogP contribution in [-0.4, -0.2) is 21.7 Å². The molecule has 0 spiro atoms. The normalized spacial score (nSPS) is 13.9. The predicted octanol–water partition coefficient (Wildman–Crippen LogP) is 3.38. The molecule has 0 amide bonds. The molecule has 4 heterocycles. The van der Waals surface area contributed by atoms with Gasteiger partial charge in [0.1, 0.15) is 17.7 Å². The van der Waals surface area contributed by atoms with Crippen LogP contribution in [0.5, 0.6) is 0 Å². The van der Waals surface area contributed by atoms with Gasteiger partial charge in [-0.3, -0.25) is 9.98 Å². The van der Waals surface area contributed by atoms with Crippen LogP contribution in [0.2, 0.25) is 0 Å². The number of thiophene rings is 2. The van der Waals surface area contributed by atoms with Gasteiger partial charge in [-0.2, -0.15) is 15.0 Å². The summed E-state index contributed by atoms with van der Waals surface area (Å²) in [5, 5.41) is 20.8. The third kappa shape index (κ3) is 1.54. The highest BCUT2D eigenvalue weighted by atomic mass is 32.1. The third-order valence-corrected chi connectivity index (χ3v) is 7.23. The van der Waals surface area contributed by atoms with Crippen molar-refractivity contribution in [2.24, 2.45) is 17.0 Å². The van der Waals surface area contributed by atoms with E-state index in [2.05, 4.69) is 24.6 Å². The van der Waals surface area contributed by atoms with E-state index >= 15 is 0 Å². The third-order valence-electron chi connectivity index (χ3n) is 5.00. The molecule has 1 aliphatic heterocycles. The average molecular weight is 363 g/mol. The Morgan fingerprint density at radius 1 is 0.800 bits per heavy atom. The molecule has 5 nitrogen and oxygen atoms in total. The fourth-order valence-corrected chi connectivity index (χ4v) is 6.20. The van der Waals surface area contributed by atoms with Gasteiger partial charge in [-0.05, 0) is 35.7 Å². The maximum absolute atomic E-state index is 4.76. The molecule has 0 fully saturated rings. The Labute approximate surface area is 149 Å². The van der Waals surface area contributed by atoms with Crippen LogP contribution >= 0.6 is 22.7 Å². The van der Waals surface area contributed by atoms with Gasteiger partial charge < -0.3 is 0 Å². The zero-order valence-electron chi connectivity index (χ0n) is 13.9. The first kappa shape index (κ1) is 13.9. The molecule has 0 saturated heterocycles. The molecule has 0 aliphatic carbocycles. The second-order valence-electron chi connectivity index (χ2n) is 6.54. The van der Waals surface area contributed by atoms with Crippen LogP contribution < -0.4 is 10.7 Å². The molecule has 0 atom stereocenters.